The molecule has 0 aliphatic rings. The Morgan fingerprint density at radius 1 is 1.14 bits per heavy atom. The van der Waals surface area contributed by atoms with Crippen molar-refractivity contribution in [1.82, 2.24) is 0 Å². The van der Waals surface area contributed by atoms with Gasteiger partial charge in [0.05, 0.1) is 0 Å². The van der Waals surface area contributed by atoms with Crippen LogP contribution < -0.4 is 4.46 Å². The molecule has 0 radical (unpaired) electrons. The van der Waals surface area contributed by atoms with Gasteiger partial charge in [0.15, 0.2) is 0 Å². The Morgan fingerprint density at radius 3 is 2.21 bits per heavy atom. The molecule has 1 aromatic carbocycles. The van der Waals surface area contributed by atoms with Gasteiger partial charge in [-0.3, -0.25) is 0 Å². The molecule has 0 nitrogen and oxygen atoms in total. The Balaban J connectivity index is 2.67. The van der Waals surface area contributed by atoms with Gasteiger partial charge in [-0.25, -0.2) is 0 Å². The molecular formula is C13H18Se. The molecule has 0 aliphatic carbocycles. The van der Waals surface area contributed by atoms with Crippen LogP contribution in [0.5, 0.6) is 0 Å². The van der Waals surface area contributed by atoms with Crippen LogP contribution in [0.4, 0.5) is 0 Å². The molecule has 0 spiro atoms. The first-order valence-electron chi connectivity index (χ1n) is 4.90. The summed E-state index contributed by atoms with van der Waals surface area (Å²) in [6.45, 7) is 8.98. The van der Waals surface area contributed by atoms with E-state index in [1.54, 1.807) is 0 Å². The van der Waals surface area contributed by atoms with Gasteiger partial charge in [-0.05, 0) is 0 Å². The standard InChI is InChI=1S/C13H18Se/c1-11(10-13(2,3)4)14-12-8-6-5-7-9-12/h5-10H,1-4H3/b11-10+. The molecule has 0 N–H and O–H groups in total. The Morgan fingerprint density at radius 2 is 1.71 bits per heavy atom. The zero-order chi connectivity index (χ0) is 10.6. The molecule has 0 atom stereocenters. The van der Waals surface area contributed by atoms with Crippen LogP contribution in [0.3, 0.4) is 0 Å². The second-order valence-corrected chi connectivity index (χ2v) is 7.30. The molecule has 1 rings (SSSR count). The van der Waals surface area contributed by atoms with Crippen LogP contribution in [0, 0.1) is 5.41 Å². The van der Waals surface area contributed by atoms with Crippen LogP contribution in [0.15, 0.2) is 40.9 Å². The van der Waals surface area contributed by atoms with E-state index in [4.69, 9.17) is 0 Å². The molecule has 0 bridgehead atoms. The summed E-state index contributed by atoms with van der Waals surface area (Å²) in [5.41, 5.74) is 0.306. The molecular weight excluding hydrogens is 235 g/mol. The predicted molar refractivity (Wildman–Crippen MR) is 65.0 cm³/mol. The molecule has 76 valence electrons. The van der Waals surface area contributed by atoms with Crippen molar-refractivity contribution in [3.05, 3.63) is 40.9 Å². The molecule has 0 aromatic heterocycles. The average molecular weight is 253 g/mol. The Bertz CT molecular complexity index is 304. The van der Waals surface area contributed by atoms with Crippen LogP contribution >= 0.6 is 0 Å². The Labute approximate surface area is 93.6 Å². The maximum absolute atomic E-state index is 2.38. The summed E-state index contributed by atoms with van der Waals surface area (Å²) < 4.78 is 2.97. The van der Waals surface area contributed by atoms with E-state index in [1.165, 1.54) is 8.93 Å². The predicted octanol–water partition coefficient (Wildman–Crippen LogP) is 2.97. The van der Waals surface area contributed by atoms with Gasteiger partial charge in [-0.15, -0.1) is 0 Å². The van der Waals surface area contributed by atoms with Gasteiger partial charge in [0.25, 0.3) is 0 Å². The summed E-state index contributed by atoms with van der Waals surface area (Å²) in [7, 11) is 0. The first kappa shape index (κ1) is 11.6. The average Bonchev–Trinajstić information content (AvgIpc) is 2.02. The molecule has 0 heterocycles. The Kier molecular flexibility index (Phi) is 3.97. The molecule has 14 heavy (non-hydrogen) atoms. The topological polar surface area (TPSA) is 0 Å². The van der Waals surface area contributed by atoms with E-state index >= 15 is 0 Å². The van der Waals surface area contributed by atoms with Gasteiger partial charge in [0.1, 0.15) is 0 Å². The van der Waals surface area contributed by atoms with Crippen LogP contribution in [-0.4, -0.2) is 15.0 Å². The monoisotopic (exact) mass is 254 g/mol. The third kappa shape index (κ3) is 4.64. The van der Waals surface area contributed by atoms with E-state index in [0.717, 1.165) is 0 Å². The second-order valence-electron chi connectivity index (χ2n) is 4.54. The molecule has 1 heteroatoms. The molecule has 0 amide bonds. The summed E-state index contributed by atoms with van der Waals surface area (Å²) in [4.78, 5) is 0. The number of hydrogen-bond acceptors (Lipinski definition) is 0. The summed E-state index contributed by atoms with van der Waals surface area (Å²) in [5, 5.41) is 0. The third-order valence-electron chi connectivity index (χ3n) is 1.66. The maximum atomic E-state index is 2.38. The zero-order valence-electron chi connectivity index (χ0n) is 9.37. The third-order valence-corrected chi connectivity index (χ3v) is 3.65. The first-order chi connectivity index (χ1) is 6.47. The molecule has 0 saturated carbocycles. The van der Waals surface area contributed by atoms with Crippen LogP contribution in [0.2, 0.25) is 0 Å². The van der Waals surface area contributed by atoms with Crippen molar-refractivity contribution in [2.24, 2.45) is 5.41 Å². The van der Waals surface area contributed by atoms with Crippen molar-refractivity contribution in [3.8, 4) is 0 Å². The summed E-state index contributed by atoms with van der Waals surface area (Å²) in [5.74, 6) is 0. The SMILES string of the molecule is C/C(=C\C(C)(C)C)[Se]c1ccccc1. The van der Waals surface area contributed by atoms with Crippen molar-refractivity contribution in [1.29, 1.82) is 0 Å². The van der Waals surface area contributed by atoms with Crippen molar-refractivity contribution in [2.75, 3.05) is 0 Å². The van der Waals surface area contributed by atoms with E-state index < -0.39 is 0 Å². The molecule has 1 aromatic rings. The normalized spacial score (nSPS) is 13.0. The van der Waals surface area contributed by atoms with Crippen LogP contribution in [0.1, 0.15) is 27.7 Å². The minimum absolute atomic E-state index is 0.306. The number of rotatable bonds is 2. The number of allylic oxidation sites excluding steroid dienone is 2. The molecule has 0 aliphatic heterocycles. The quantitative estimate of drug-likeness (QED) is 0.711. The minimum atomic E-state index is 0.306. The number of hydrogen-bond donors (Lipinski definition) is 0. The van der Waals surface area contributed by atoms with E-state index in [2.05, 4.69) is 64.1 Å². The first-order valence-corrected chi connectivity index (χ1v) is 6.61. The zero-order valence-corrected chi connectivity index (χ0v) is 11.1. The van der Waals surface area contributed by atoms with E-state index in [1.807, 2.05) is 0 Å². The van der Waals surface area contributed by atoms with Gasteiger partial charge in [0, 0.05) is 0 Å². The molecule has 0 unspecified atom stereocenters. The van der Waals surface area contributed by atoms with Gasteiger partial charge in [0.2, 0.25) is 0 Å². The molecule has 0 saturated heterocycles. The van der Waals surface area contributed by atoms with E-state index in [-0.39, 0.29) is 0 Å². The number of benzene rings is 1. The van der Waals surface area contributed by atoms with Gasteiger partial charge >= 0.3 is 93.4 Å². The fraction of sp³-hybridized carbons (Fsp3) is 0.385. The van der Waals surface area contributed by atoms with Crippen molar-refractivity contribution in [3.63, 3.8) is 0 Å². The van der Waals surface area contributed by atoms with Gasteiger partial charge < -0.3 is 0 Å². The summed E-state index contributed by atoms with van der Waals surface area (Å²) >= 11 is 0.495. The molecule has 0 fully saturated rings. The van der Waals surface area contributed by atoms with E-state index in [9.17, 15) is 0 Å². The van der Waals surface area contributed by atoms with Crippen LogP contribution in [-0.2, 0) is 0 Å². The van der Waals surface area contributed by atoms with Gasteiger partial charge in [-0.1, -0.05) is 0 Å². The van der Waals surface area contributed by atoms with Gasteiger partial charge in [-0.2, -0.15) is 0 Å². The summed E-state index contributed by atoms with van der Waals surface area (Å²) in [6, 6.07) is 10.7. The fourth-order valence-corrected chi connectivity index (χ4v) is 3.57. The van der Waals surface area contributed by atoms with Crippen molar-refractivity contribution in [2.45, 2.75) is 27.7 Å². The van der Waals surface area contributed by atoms with Crippen molar-refractivity contribution >= 4 is 19.4 Å². The Hall–Kier alpha value is -0.521. The summed E-state index contributed by atoms with van der Waals surface area (Å²) in [6.07, 6.45) is 2.38. The van der Waals surface area contributed by atoms with E-state index in [0.29, 0.717) is 20.4 Å². The van der Waals surface area contributed by atoms with Crippen LogP contribution in [0.25, 0.3) is 0 Å². The second kappa shape index (κ2) is 4.82. The fourth-order valence-electron chi connectivity index (χ4n) is 1.31. The van der Waals surface area contributed by atoms with Crippen molar-refractivity contribution < 1.29 is 0 Å².